The van der Waals surface area contributed by atoms with E-state index in [0.29, 0.717) is 18.1 Å². The van der Waals surface area contributed by atoms with Gasteiger partial charge >= 0.3 is 0 Å². The van der Waals surface area contributed by atoms with Crippen molar-refractivity contribution in [3.8, 4) is 11.5 Å². The van der Waals surface area contributed by atoms with E-state index in [2.05, 4.69) is 21.8 Å². The Hall–Kier alpha value is -2.93. The van der Waals surface area contributed by atoms with Gasteiger partial charge in [-0.15, -0.1) is 16.8 Å². The molecule has 0 saturated carbocycles. The van der Waals surface area contributed by atoms with E-state index in [1.165, 1.54) is 11.8 Å². The van der Waals surface area contributed by atoms with E-state index >= 15 is 0 Å². The zero-order valence-corrected chi connectivity index (χ0v) is 14.1. The van der Waals surface area contributed by atoms with Gasteiger partial charge in [0.25, 0.3) is 0 Å². The summed E-state index contributed by atoms with van der Waals surface area (Å²) in [4.78, 5) is 15.1. The van der Waals surface area contributed by atoms with Crippen LogP contribution < -0.4 is 5.11 Å². The number of benzene rings is 1. The molecule has 3 aromatic rings. The molecule has 2 aromatic heterocycles. The summed E-state index contributed by atoms with van der Waals surface area (Å²) in [6, 6.07) is 12.3. The molecule has 126 valence electrons. The van der Waals surface area contributed by atoms with Crippen molar-refractivity contribution in [2.24, 2.45) is 0 Å². The lowest BCUT2D eigenvalue weighted by Crippen LogP contribution is -2.21. The van der Waals surface area contributed by atoms with E-state index in [-0.39, 0.29) is 5.56 Å². The molecule has 0 N–H and O–H groups in total. The van der Waals surface area contributed by atoms with Gasteiger partial charge in [-0.2, -0.15) is 0 Å². The highest BCUT2D eigenvalue weighted by molar-refractivity contribution is 7.98. The SMILES string of the molecule is C=CCn1c(SCc2ccc(C(=O)[O-])cc2)nnc1-c1ccccn1. The normalized spacial score (nSPS) is 10.6. The van der Waals surface area contributed by atoms with Crippen LogP contribution in [-0.4, -0.2) is 25.7 Å². The van der Waals surface area contributed by atoms with E-state index in [1.54, 1.807) is 36.5 Å². The van der Waals surface area contributed by atoms with Gasteiger partial charge in [-0.3, -0.25) is 9.55 Å². The Labute approximate surface area is 149 Å². The van der Waals surface area contributed by atoms with E-state index in [1.807, 2.05) is 22.8 Å². The average Bonchev–Trinajstić information content (AvgIpc) is 3.04. The van der Waals surface area contributed by atoms with Gasteiger partial charge in [0.2, 0.25) is 0 Å². The minimum Gasteiger partial charge on any atom is -0.545 e. The molecule has 0 unspecified atom stereocenters. The van der Waals surface area contributed by atoms with Crippen LogP contribution in [0.1, 0.15) is 15.9 Å². The minimum absolute atomic E-state index is 0.168. The standard InChI is InChI=1S/C18H16N4O2S/c1-2-11-22-16(15-5-3-4-10-19-15)20-21-18(22)25-12-13-6-8-14(9-7-13)17(23)24/h2-10H,1,11-12H2,(H,23,24)/p-1. The first-order valence-electron chi connectivity index (χ1n) is 7.57. The molecule has 25 heavy (non-hydrogen) atoms. The summed E-state index contributed by atoms with van der Waals surface area (Å²) in [7, 11) is 0. The molecule has 0 fully saturated rings. The number of thioether (sulfide) groups is 1. The molecule has 6 nitrogen and oxygen atoms in total. The number of rotatable bonds is 7. The number of carbonyl (C=O) groups is 1. The number of carboxylic acid groups (broad SMARTS) is 1. The molecule has 2 heterocycles. The van der Waals surface area contributed by atoms with Crippen LogP contribution >= 0.6 is 11.8 Å². The first kappa shape index (κ1) is 16.9. The summed E-state index contributed by atoms with van der Waals surface area (Å²) in [6.07, 6.45) is 3.50. The molecular weight excluding hydrogens is 336 g/mol. The number of aromatic nitrogens is 4. The fourth-order valence-corrected chi connectivity index (χ4v) is 3.16. The Kier molecular flexibility index (Phi) is 5.25. The molecule has 0 radical (unpaired) electrons. The van der Waals surface area contributed by atoms with Crippen LogP contribution in [0.5, 0.6) is 0 Å². The fourth-order valence-electron chi connectivity index (χ4n) is 2.26. The summed E-state index contributed by atoms with van der Waals surface area (Å²) in [5.41, 5.74) is 1.91. The van der Waals surface area contributed by atoms with Gasteiger partial charge in [-0.25, -0.2) is 0 Å². The number of carboxylic acids is 1. The molecule has 0 aliphatic heterocycles. The Morgan fingerprint density at radius 3 is 2.64 bits per heavy atom. The van der Waals surface area contributed by atoms with Gasteiger partial charge < -0.3 is 9.90 Å². The second kappa shape index (κ2) is 7.76. The molecule has 0 atom stereocenters. The third-order valence-corrected chi connectivity index (χ3v) is 4.52. The van der Waals surface area contributed by atoms with Gasteiger partial charge in [-0.1, -0.05) is 48.2 Å². The average molecular weight is 351 g/mol. The summed E-state index contributed by atoms with van der Waals surface area (Å²) in [5, 5.41) is 20.1. The molecule has 0 saturated heterocycles. The maximum absolute atomic E-state index is 10.8. The molecule has 0 spiro atoms. The van der Waals surface area contributed by atoms with Gasteiger partial charge in [-0.05, 0) is 23.3 Å². The maximum atomic E-state index is 10.8. The highest BCUT2D eigenvalue weighted by atomic mass is 32.2. The maximum Gasteiger partial charge on any atom is 0.192 e. The van der Waals surface area contributed by atoms with Crippen molar-refractivity contribution in [2.45, 2.75) is 17.5 Å². The topological polar surface area (TPSA) is 83.7 Å². The number of hydrogen-bond acceptors (Lipinski definition) is 6. The van der Waals surface area contributed by atoms with Crippen LogP contribution in [0, 0.1) is 0 Å². The lowest BCUT2D eigenvalue weighted by molar-refractivity contribution is -0.255. The first-order valence-corrected chi connectivity index (χ1v) is 8.56. The molecule has 0 aliphatic rings. The van der Waals surface area contributed by atoms with Gasteiger partial charge in [0.15, 0.2) is 11.0 Å². The number of carbonyl (C=O) groups excluding carboxylic acids is 1. The van der Waals surface area contributed by atoms with E-state index in [0.717, 1.165) is 16.4 Å². The number of allylic oxidation sites excluding steroid dienone is 1. The van der Waals surface area contributed by atoms with E-state index in [4.69, 9.17) is 0 Å². The van der Waals surface area contributed by atoms with Crippen LogP contribution in [0.2, 0.25) is 0 Å². The van der Waals surface area contributed by atoms with Crippen molar-refractivity contribution < 1.29 is 9.90 Å². The second-order valence-electron chi connectivity index (χ2n) is 5.19. The highest BCUT2D eigenvalue weighted by Gasteiger charge is 2.14. The van der Waals surface area contributed by atoms with Crippen molar-refractivity contribution in [2.75, 3.05) is 0 Å². The molecule has 3 rings (SSSR count). The van der Waals surface area contributed by atoms with E-state index in [9.17, 15) is 9.90 Å². The Morgan fingerprint density at radius 2 is 2.00 bits per heavy atom. The molecule has 0 amide bonds. The van der Waals surface area contributed by atoms with Crippen molar-refractivity contribution in [3.05, 3.63) is 72.4 Å². The molecule has 0 aliphatic carbocycles. The minimum atomic E-state index is -1.18. The number of hydrogen-bond donors (Lipinski definition) is 0. The summed E-state index contributed by atoms with van der Waals surface area (Å²) >= 11 is 1.52. The van der Waals surface area contributed by atoms with Gasteiger partial charge in [0.05, 0.1) is 5.97 Å². The second-order valence-corrected chi connectivity index (χ2v) is 6.14. The number of nitrogens with zero attached hydrogens (tertiary/aromatic N) is 4. The number of aromatic carboxylic acids is 1. The molecule has 1 aromatic carbocycles. The quantitative estimate of drug-likeness (QED) is 0.479. The van der Waals surface area contributed by atoms with Crippen LogP contribution in [0.15, 0.2) is 66.5 Å². The summed E-state index contributed by atoms with van der Waals surface area (Å²) in [6.45, 7) is 4.36. The smallest absolute Gasteiger partial charge is 0.192 e. The Bertz CT molecular complexity index is 876. The van der Waals surface area contributed by atoms with Crippen LogP contribution in [0.3, 0.4) is 0 Å². The predicted octanol–water partition coefficient (Wildman–Crippen LogP) is 2.18. The third-order valence-electron chi connectivity index (χ3n) is 3.48. The number of pyridine rings is 1. The zero-order chi connectivity index (χ0) is 17.6. The van der Waals surface area contributed by atoms with Crippen molar-refractivity contribution >= 4 is 17.7 Å². The Morgan fingerprint density at radius 1 is 1.20 bits per heavy atom. The summed E-state index contributed by atoms with van der Waals surface area (Å²) in [5.74, 6) is 0.158. The van der Waals surface area contributed by atoms with Crippen LogP contribution in [0.25, 0.3) is 11.5 Å². The lowest BCUT2D eigenvalue weighted by Gasteiger charge is -2.08. The fraction of sp³-hybridized carbons (Fsp3) is 0.111. The molecule has 7 heteroatoms. The first-order chi connectivity index (χ1) is 12.2. The third kappa shape index (κ3) is 3.95. The zero-order valence-electron chi connectivity index (χ0n) is 13.3. The predicted molar refractivity (Wildman–Crippen MR) is 93.8 cm³/mol. The highest BCUT2D eigenvalue weighted by Crippen LogP contribution is 2.25. The monoisotopic (exact) mass is 351 g/mol. The van der Waals surface area contributed by atoms with E-state index < -0.39 is 5.97 Å². The van der Waals surface area contributed by atoms with Crippen LogP contribution in [-0.2, 0) is 12.3 Å². The van der Waals surface area contributed by atoms with Crippen LogP contribution in [0.4, 0.5) is 0 Å². The van der Waals surface area contributed by atoms with Gasteiger partial charge in [0.1, 0.15) is 5.69 Å². The van der Waals surface area contributed by atoms with Crippen molar-refractivity contribution in [1.82, 2.24) is 19.7 Å². The van der Waals surface area contributed by atoms with Crippen molar-refractivity contribution in [3.63, 3.8) is 0 Å². The van der Waals surface area contributed by atoms with Gasteiger partial charge in [0, 0.05) is 18.5 Å². The molecular formula is C18H15N4O2S-. The summed E-state index contributed by atoms with van der Waals surface area (Å²) < 4.78 is 1.95. The van der Waals surface area contributed by atoms with Crippen molar-refractivity contribution in [1.29, 1.82) is 0 Å². The lowest BCUT2D eigenvalue weighted by atomic mass is 10.1. The molecule has 0 bridgehead atoms. The largest absolute Gasteiger partial charge is 0.545 e. The Balaban J connectivity index is 1.79.